The van der Waals surface area contributed by atoms with Gasteiger partial charge in [0.2, 0.25) is 11.7 Å². The lowest BCUT2D eigenvalue weighted by molar-refractivity contribution is -0.147. The fourth-order valence-electron chi connectivity index (χ4n) is 3.61. The Labute approximate surface area is 196 Å². The van der Waals surface area contributed by atoms with Gasteiger partial charge in [-0.05, 0) is 73.5 Å². The van der Waals surface area contributed by atoms with E-state index in [1.807, 2.05) is 32.0 Å². The topological polar surface area (TPSA) is 103 Å². The number of nitrogens with zero attached hydrogens (tertiary/aromatic N) is 1. The number of hydrogen-bond acceptors (Lipinski definition) is 7. The maximum atomic E-state index is 12.5. The molecule has 2 heterocycles. The molecule has 0 aliphatic carbocycles. The Hall–Kier alpha value is -4.20. The number of rotatable bonds is 7. The summed E-state index contributed by atoms with van der Waals surface area (Å²) in [5.41, 5.74) is 3.22. The lowest BCUT2D eigenvalue weighted by Crippen LogP contribution is -2.27. The molecule has 1 aliphatic heterocycles. The number of carbonyl (C=O) groups excluding carboxylic acids is 4. The molecule has 3 aromatic rings. The van der Waals surface area contributed by atoms with E-state index in [4.69, 9.17) is 13.9 Å². The number of ether oxygens (including phenoxy) is 2. The first-order valence-corrected chi connectivity index (χ1v) is 10.7. The van der Waals surface area contributed by atoms with Crippen LogP contribution in [0.25, 0.3) is 0 Å². The van der Waals surface area contributed by atoms with E-state index in [1.54, 1.807) is 11.0 Å². The van der Waals surface area contributed by atoms with E-state index in [0.29, 0.717) is 5.56 Å². The van der Waals surface area contributed by atoms with E-state index in [9.17, 15) is 19.2 Å². The number of carbonyl (C=O) groups is 4. The first kappa shape index (κ1) is 23.0. The Morgan fingerprint density at radius 2 is 1.79 bits per heavy atom. The number of amides is 1. The third kappa shape index (κ3) is 5.06. The molecule has 0 N–H and O–H groups in total. The Kier molecular flexibility index (Phi) is 6.58. The van der Waals surface area contributed by atoms with Crippen molar-refractivity contribution in [2.45, 2.75) is 20.3 Å². The van der Waals surface area contributed by atoms with Crippen molar-refractivity contribution >= 4 is 29.3 Å². The van der Waals surface area contributed by atoms with Crippen LogP contribution in [0.2, 0.25) is 0 Å². The van der Waals surface area contributed by atoms with Crippen molar-refractivity contribution in [1.82, 2.24) is 0 Å². The molecule has 1 aliphatic rings. The van der Waals surface area contributed by atoms with Gasteiger partial charge in [-0.15, -0.1) is 0 Å². The van der Waals surface area contributed by atoms with E-state index >= 15 is 0 Å². The minimum atomic E-state index is -0.654. The predicted molar refractivity (Wildman–Crippen MR) is 122 cm³/mol. The Bertz CT molecular complexity index is 1230. The highest BCUT2D eigenvalue weighted by Gasteiger charge is 2.36. The minimum Gasteiger partial charge on any atom is -0.457 e. The maximum Gasteiger partial charge on any atom is 0.379 e. The second kappa shape index (κ2) is 9.74. The molecule has 0 bridgehead atoms. The average Bonchev–Trinajstić information content (AvgIpc) is 3.50. The van der Waals surface area contributed by atoms with Crippen LogP contribution in [0.5, 0.6) is 5.75 Å². The Morgan fingerprint density at radius 1 is 1.03 bits per heavy atom. The van der Waals surface area contributed by atoms with Crippen LogP contribution in [0.1, 0.15) is 38.5 Å². The number of ketones is 1. The van der Waals surface area contributed by atoms with Crippen LogP contribution < -0.4 is 9.64 Å². The molecule has 1 amide bonds. The maximum absolute atomic E-state index is 12.5. The first-order valence-electron chi connectivity index (χ1n) is 10.7. The summed E-state index contributed by atoms with van der Waals surface area (Å²) in [7, 11) is 0. The second-order valence-corrected chi connectivity index (χ2v) is 8.10. The fourth-order valence-corrected chi connectivity index (χ4v) is 3.61. The van der Waals surface area contributed by atoms with Gasteiger partial charge in [0.05, 0.1) is 12.2 Å². The molecule has 1 aromatic heterocycles. The molecule has 0 unspecified atom stereocenters. The molecule has 0 spiro atoms. The quantitative estimate of drug-likeness (QED) is 0.299. The van der Waals surface area contributed by atoms with Crippen molar-refractivity contribution < 1.29 is 33.1 Å². The number of furan rings is 1. The zero-order chi connectivity index (χ0) is 24.2. The molecule has 1 fully saturated rings. The predicted octanol–water partition coefficient (Wildman–Crippen LogP) is 3.89. The van der Waals surface area contributed by atoms with Crippen molar-refractivity contribution in [1.29, 1.82) is 0 Å². The van der Waals surface area contributed by atoms with E-state index < -0.39 is 30.2 Å². The standard InChI is InChI=1S/C26H23NO7/c1-16-5-8-20(12-17(16)2)27-14-19(13-24(27)29)25(30)33-15-22(28)18-6-9-21(10-7-18)34-26(31)23-4-3-11-32-23/h3-12,19H,13-15H2,1-2H3/t19-/m0/s1. The SMILES string of the molecule is Cc1ccc(N2C[C@@H](C(=O)OCC(=O)c3ccc(OC(=O)c4ccco4)cc3)CC2=O)cc1C. The van der Waals surface area contributed by atoms with Gasteiger partial charge in [-0.25, -0.2) is 4.79 Å². The van der Waals surface area contributed by atoms with Gasteiger partial charge in [0, 0.05) is 24.2 Å². The summed E-state index contributed by atoms with van der Waals surface area (Å²) in [6.45, 7) is 3.72. The first-order chi connectivity index (χ1) is 16.3. The molecule has 1 atom stereocenters. The number of esters is 2. The van der Waals surface area contributed by atoms with Gasteiger partial charge in [-0.3, -0.25) is 14.4 Å². The molecule has 0 radical (unpaired) electrons. The zero-order valence-corrected chi connectivity index (χ0v) is 18.8. The molecule has 34 heavy (non-hydrogen) atoms. The summed E-state index contributed by atoms with van der Waals surface area (Å²) in [4.78, 5) is 50.8. The third-order valence-corrected chi connectivity index (χ3v) is 5.72. The van der Waals surface area contributed by atoms with Crippen molar-refractivity contribution in [2.24, 2.45) is 5.92 Å². The number of hydrogen-bond donors (Lipinski definition) is 0. The number of benzene rings is 2. The molecule has 8 nitrogen and oxygen atoms in total. The van der Waals surface area contributed by atoms with Crippen LogP contribution in [0, 0.1) is 19.8 Å². The van der Waals surface area contributed by atoms with Gasteiger partial charge < -0.3 is 18.8 Å². The van der Waals surface area contributed by atoms with Gasteiger partial charge in [0.1, 0.15) is 5.75 Å². The van der Waals surface area contributed by atoms with E-state index in [-0.39, 0.29) is 30.4 Å². The van der Waals surface area contributed by atoms with Crippen molar-refractivity contribution in [3.8, 4) is 5.75 Å². The van der Waals surface area contributed by atoms with Crippen LogP contribution in [0.4, 0.5) is 5.69 Å². The molecule has 4 rings (SSSR count). The Balaban J connectivity index is 1.29. The van der Waals surface area contributed by atoms with Gasteiger partial charge >= 0.3 is 11.9 Å². The smallest absolute Gasteiger partial charge is 0.379 e. The van der Waals surface area contributed by atoms with Crippen LogP contribution in [0.15, 0.2) is 65.3 Å². The van der Waals surface area contributed by atoms with Crippen LogP contribution in [-0.2, 0) is 14.3 Å². The van der Waals surface area contributed by atoms with Crippen molar-refractivity contribution in [3.63, 3.8) is 0 Å². The highest BCUT2D eigenvalue weighted by atomic mass is 16.5. The van der Waals surface area contributed by atoms with Crippen LogP contribution in [-0.4, -0.2) is 36.8 Å². The normalized spacial score (nSPS) is 15.3. The van der Waals surface area contributed by atoms with Crippen LogP contribution in [0.3, 0.4) is 0 Å². The molecule has 0 saturated carbocycles. The summed E-state index contributed by atoms with van der Waals surface area (Å²) in [5, 5.41) is 0. The number of aryl methyl sites for hydroxylation is 2. The summed E-state index contributed by atoms with van der Waals surface area (Å²) >= 11 is 0. The third-order valence-electron chi connectivity index (χ3n) is 5.72. The lowest BCUT2D eigenvalue weighted by atomic mass is 10.1. The molecule has 2 aromatic carbocycles. The summed E-state index contributed by atoms with van der Waals surface area (Å²) < 4.78 is 15.3. The van der Waals surface area contributed by atoms with Gasteiger partial charge in [-0.2, -0.15) is 0 Å². The average molecular weight is 461 g/mol. The molecule has 174 valence electrons. The Morgan fingerprint density at radius 3 is 2.47 bits per heavy atom. The van der Waals surface area contributed by atoms with E-state index in [2.05, 4.69) is 0 Å². The van der Waals surface area contributed by atoms with Crippen molar-refractivity contribution in [3.05, 3.63) is 83.3 Å². The summed E-state index contributed by atoms with van der Waals surface area (Å²) in [5.74, 6) is -2.13. The lowest BCUT2D eigenvalue weighted by Gasteiger charge is -2.17. The van der Waals surface area contributed by atoms with E-state index in [1.165, 1.54) is 36.6 Å². The minimum absolute atomic E-state index is 0.0374. The van der Waals surface area contributed by atoms with Crippen LogP contribution >= 0.6 is 0 Å². The zero-order valence-electron chi connectivity index (χ0n) is 18.8. The number of Topliss-reactive ketones (excluding diaryl/α,β-unsaturated/α-hetero) is 1. The monoisotopic (exact) mass is 461 g/mol. The largest absolute Gasteiger partial charge is 0.457 e. The highest BCUT2D eigenvalue weighted by Crippen LogP contribution is 2.27. The molecular formula is C26H23NO7. The fraction of sp³-hybridized carbons (Fsp3) is 0.231. The molecular weight excluding hydrogens is 438 g/mol. The second-order valence-electron chi connectivity index (χ2n) is 8.10. The number of anilines is 1. The van der Waals surface area contributed by atoms with Gasteiger partial charge in [0.15, 0.2) is 12.4 Å². The van der Waals surface area contributed by atoms with E-state index in [0.717, 1.165) is 16.8 Å². The molecule has 1 saturated heterocycles. The van der Waals surface area contributed by atoms with Gasteiger partial charge in [0.25, 0.3) is 0 Å². The van der Waals surface area contributed by atoms with Gasteiger partial charge in [-0.1, -0.05) is 6.07 Å². The molecule has 8 heteroatoms. The summed E-state index contributed by atoms with van der Waals surface area (Å²) in [6, 6.07) is 14.6. The summed E-state index contributed by atoms with van der Waals surface area (Å²) in [6.07, 6.45) is 1.40. The highest BCUT2D eigenvalue weighted by molar-refractivity contribution is 6.01. The van der Waals surface area contributed by atoms with Crippen molar-refractivity contribution in [2.75, 3.05) is 18.1 Å².